The van der Waals surface area contributed by atoms with Crippen molar-refractivity contribution in [3.8, 4) is 11.5 Å². The van der Waals surface area contributed by atoms with E-state index < -0.39 is 0 Å². The number of ether oxygens (including phenoxy) is 1. The maximum absolute atomic E-state index is 9.84. The predicted molar refractivity (Wildman–Crippen MR) is 72.9 cm³/mol. The second-order valence-electron chi connectivity index (χ2n) is 5.99. The molecule has 1 aliphatic carbocycles. The molecule has 0 amide bonds. The van der Waals surface area contributed by atoms with Crippen molar-refractivity contribution in [3.05, 3.63) is 23.8 Å². The Hall–Kier alpha value is -1.22. The van der Waals surface area contributed by atoms with E-state index in [0.29, 0.717) is 17.7 Å². The van der Waals surface area contributed by atoms with Gasteiger partial charge in [0, 0.05) is 0 Å². The number of phenolic OH excluding ortho intramolecular Hbond substituents is 1. The van der Waals surface area contributed by atoms with Gasteiger partial charge < -0.3 is 15.6 Å². The zero-order chi connectivity index (χ0) is 13.2. The molecule has 0 bridgehead atoms. The summed E-state index contributed by atoms with van der Waals surface area (Å²) < 4.78 is 5.94. The highest BCUT2D eigenvalue weighted by atomic mass is 16.5. The second kappa shape index (κ2) is 5.19. The Labute approximate surface area is 109 Å². The van der Waals surface area contributed by atoms with E-state index in [1.54, 1.807) is 6.07 Å². The van der Waals surface area contributed by atoms with Gasteiger partial charge >= 0.3 is 0 Å². The summed E-state index contributed by atoms with van der Waals surface area (Å²) in [7, 11) is 0. The van der Waals surface area contributed by atoms with Gasteiger partial charge in [0.15, 0.2) is 11.5 Å². The molecule has 1 unspecified atom stereocenters. The van der Waals surface area contributed by atoms with Crippen LogP contribution in [-0.2, 0) is 6.42 Å². The fourth-order valence-electron chi connectivity index (χ4n) is 2.63. The van der Waals surface area contributed by atoms with Crippen LogP contribution in [0.2, 0.25) is 0 Å². The van der Waals surface area contributed by atoms with Gasteiger partial charge in [-0.15, -0.1) is 0 Å². The Balaban J connectivity index is 2.06. The average molecular weight is 249 g/mol. The topological polar surface area (TPSA) is 55.5 Å². The molecule has 3 N–H and O–H groups in total. The molecule has 3 nitrogen and oxygen atoms in total. The number of hydrogen-bond donors (Lipinski definition) is 2. The number of nitrogens with two attached hydrogens (primary N) is 1. The van der Waals surface area contributed by atoms with E-state index in [2.05, 4.69) is 13.8 Å². The third kappa shape index (κ3) is 3.16. The first-order valence-electron chi connectivity index (χ1n) is 6.69. The SMILES string of the molecule is CC1(C)CCC(Oc2cc(CCN)ccc2O)C1. The van der Waals surface area contributed by atoms with Gasteiger partial charge in [0.1, 0.15) is 0 Å². The highest BCUT2D eigenvalue weighted by Crippen LogP contribution is 2.40. The van der Waals surface area contributed by atoms with Crippen LogP contribution in [0.15, 0.2) is 18.2 Å². The van der Waals surface area contributed by atoms with Gasteiger partial charge in [-0.3, -0.25) is 0 Å². The molecule has 1 aromatic rings. The smallest absolute Gasteiger partial charge is 0.161 e. The van der Waals surface area contributed by atoms with E-state index in [9.17, 15) is 5.11 Å². The van der Waals surface area contributed by atoms with Crippen LogP contribution in [0, 0.1) is 5.41 Å². The molecule has 0 radical (unpaired) electrons. The lowest BCUT2D eigenvalue weighted by Crippen LogP contribution is -2.15. The zero-order valence-electron chi connectivity index (χ0n) is 11.3. The summed E-state index contributed by atoms with van der Waals surface area (Å²) in [6, 6.07) is 5.50. The van der Waals surface area contributed by atoms with E-state index in [1.807, 2.05) is 12.1 Å². The Kier molecular flexibility index (Phi) is 3.81. The number of aromatic hydroxyl groups is 1. The molecule has 1 saturated carbocycles. The van der Waals surface area contributed by atoms with E-state index in [1.165, 1.54) is 6.42 Å². The van der Waals surface area contributed by atoms with Crippen LogP contribution < -0.4 is 10.5 Å². The van der Waals surface area contributed by atoms with Gasteiger partial charge in [0.05, 0.1) is 6.10 Å². The molecule has 100 valence electrons. The van der Waals surface area contributed by atoms with Gasteiger partial charge in [-0.25, -0.2) is 0 Å². The molecule has 0 spiro atoms. The third-order valence-corrected chi connectivity index (χ3v) is 3.67. The Morgan fingerprint density at radius 2 is 2.22 bits per heavy atom. The van der Waals surface area contributed by atoms with Gasteiger partial charge in [-0.05, 0) is 55.3 Å². The normalized spacial score (nSPS) is 22.1. The Morgan fingerprint density at radius 3 is 2.83 bits per heavy atom. The molecule has 1 atom stereocenters. The molecule has 0 aliphatic heterocycles. The first kappa shape index (κ1) is 13.2. The lowest BCUT2D eigenvalue weighted by atomic mass is 9.92. The van der Waals surface area contributed by atoms with Crippen molar-refractivity contribution in [2.75, 3.05) is 6.54 Å². The van der Waals surface area contributed by atoms with Gasteiger partial charge in [0.2, 0.25) is 0 Å². The summed E-state index contributed by atoms with van der Waals surface area (Å²) in [6.07, 6.45) is 4.33. The van der Waals surface area contributed by atoms with Crippen molar-refractivity contribution in [2.45, 2.75) is 45.6 Å². The molecule has 0 heterocycles. The first-order valence-corrected chi connectivity index (χ1v) is 6.69. The minimum absolute atomic E-state index is 0.221. The van der Waals surface area contributed by atoms with Gasteiger partial charge in [-0.2, -0.15) is 0 Å². The summed E-state index contributed by atoms with van der Waals surface area (Å²) >= 11 is 0. The number of benzene rings is 1. The van der Waals surface area contributed by atoms with E-state index >= 15 is 0 Å². The van der Waals surface area contributed by atoms with Crippen LogP contribution in [0.5, 0.6) is 11.5 Å². The second-order valence-corrected chi connectivity index (χ2v) is 5.99. The summed E-state index contributed by atoms with van der Waals surface area (Å²) in [6.45, 7) is 5.14. The van der Waals surface area contributed by atoms with Crippen molar-refractivity contribution in [1.29, 1.82) is 0 Å². The summed E-state index contributed by atoms with van der Waals surface area (Å²) in [4.78, 5) is 0. The molecule has 1 aromatic carbocycles. The number of rotatable bonds is 4. The van der Waals surface area contributed by atoms with Crippen molar-refractivity contribution < 1.29 is 9.84 Å². The van der Waals surface area contributed by atoms with E-state index in [-0.39, 0.29) is 11.9 Å². The molecule has 2 rings (SSSR count). The van der Waals surface area contributed by atoms with Crippen molar-refractivity contribution >= 4 is 0 Å². The lowest BCUT2D eigenvalue weighted by Gasteiger charge is -2.19. The Morgan fingerprint density at radius 1 is 1.44 bits per heavy atom. The third-order valence-electron chi connectivity index (χ3n) is 3.67. The minimum atomic E-state index is 0.221. The molecular formula is C15H23NO2. The van der Waals surface area contributed by atoms with Crippen molar-refractivity contribution in [1.82, 2.24) is 0 Å². The summed E-state index contributed by atoms with van der Waals surface area (Å²) in [5, 5.41) is 9.84. The first-order chi connectivity index (χ1) is 8.50. The van der Waals surface area contributed by atoms with Crippen LogP contribution >= 0.6 is 0 Å². The average Bonchev–Trinajstić information content (AvgIpc) is 2.63. The van der Waals surface area contributed by atoms with E-state index in [4.69, 9.17) is 10.5 Å². The highest BCUT2D eigenvalue weighted by molar-refractivity contribution is 5.42. The van der Waals surface area contributed by atoms with Gasteiger partial charge in [0.25, 0.3) is 0 Å². The number of phenols is 1. The molecule has 18 heavy (non-hydrogen) atoms. The lowest BCUT2D eigenvalue weighted by molar-refractivity contribution is 0.186. The minimum Gasteiger partial charge on any atom is -0.504 e. The fraction of sp³-hybridized carbons (Fsp3) is 0.600. The fourth-order valence-corrected chi connectivity index (χ4v) is 2.63. The molecule has 0 saturated heterocycles. The van der Waals surface area contributed by atoms with Gasteiger partial charge in [-0.1, -0.05) is 19.9 Å². The summed E-state index contributed by atoms with van der Waals surface area (Å²) in [5.74, 6) is 0.823. The predicted octanol–water partition coefficient (Wildman–Crippen LogP) is 2.85. The molecule has 1 aliphatic rings. The van der Waals surface area contributed by atoms with Crippen LogP contribution in [0.25, 0.3) is 0 Å². The van der Waals surface area contributed by atoms with Crippen LogP contribution in [0.3, 0.4) is 0 Å². The van der Waals surface area contributed by atoms with Crippen LogP contribution in [-0.4, -0.2) is 17.8 Å². The highest BCUT2D eigenvalue weighted by Gasteiger charge is 2.32. The van der Waals surface area contributed by atoms with E-state index in [0.717, 1.165) is 24.8 Å². The number of hydrogen-bond acceptors (Lipinski definition) is 3. The largest absolute Gasteiger partial charge is 0.504 e. The maximum Gasteiger partial charge on any atom is 0.161 e. The van der Waals surface area contributed by atoms with Crippen molar-refractivity contribution in [2.24, 2.45) is 11.1 Å². The van der Waals surface area contributed by atoms with Crippen molar-refractivity contribution in [3.63, 3.8) is 0 Å². The zero-order valence-corrected chi connectivity index (χ0v) is 11.3. The Bertz CT molecular complexity index is 415. The standard InChI is InChI=1S/C15H23NO2/c1-15(2)7-5-12(10-15)18-14-9-11(6-8-16)3-4-13(14)17/h3-4,9,12,17H,5-8,10,16H2,1-2H3. The monoisotopic (exact) mass is 249 g/mol. The quantitative estimate of drug-likeness (QED) is 0.862. The summed E-state index contributed by atoms with van der Waals surface area (Å²) in [5.41, 5.74) is 7.01. The van der Waals surface area contributed by atoms with Crippen LogP contribution in [0.1, 0.15) is 38.7 Å². The molecule has 1 fully saturated rings. The molecule has 0 aromatic heterocycles. The molecule has 3 heteroatoms. The van der Waals surface area contributed by atoms with Crippen LogP contribution in [0.4, 0.5) is 0 Å². The maximum atomic E-state index is 9.84. The molecular weight excluding hydrogens is 226 g/mol.